The lowest BCUT2D eigenvalue weighted by Crippen LogP contribution is -2.41. The molecule has 0 saturated heterocycles. The number of pyridine rings is 1. The largest absolute Gasteiger partial charge is 0.471 e. The molecule has 0 aliphatic heterocycles. The highest BCUT2D eigenvalue weighted by atomic mass is 16.6. The van der Waals surface area contributed by atoms with E-state index >= 15 is 0 Å². The van der Waals surface area contributed by atoms with Crippen molar-refractivity contribution in [3.05, 3.63) is 28.4 Å². The summed E-state index contributed by atoms with van der Waals surface area (Å²) in [5.41, 5.74) is 5.21. The van der Waals surface area contributed by atoms with Crippen LogP contribution >= 0.6 is 0 Å². The summed E-state index contributed by atoms with van der Waals surface area (Å²) in [6.07, 6.45) is 2.16. The van der Waals surface area contributed by atoms with Crippen LogP contribution in [0.5, 0.6) is 5.88 Å². The van der Waals surface area contributed by atoms with Crippen LogP contribution in [-0.4, -0.2) is 22.1 Å². The van der Waals surface area contributed by atoms with Crippen LogP contribution in [0, 0.1) is 10.1 Å². The molecule has 88 valence electrons. The number of ether oxygens (including phenoxy) is 1. The van der Waals surface area contributed by atoms with Gasteiger partial charge in [0, 0.05) is 17.8 Å². The summed E-state index contributed by atoms with van der Waals surface area (Å²) in [5, 5.41) is 10.7. The van der Waals surface area contributed by atoms with E-state index in [2.05, 4.69) is 4.98 Å². The van der Waals surface area contributed by atoms with Crippen LogP contribution in [0.4, 0.5) is 5.69 Å². The molecule has 0 saturated carbocycles. The van der Waals surface area contributed by atoms with Crippen molar-refractivity contribution in [1.82, 2.24) is 4.98 Å². The smallest absolute Gasteiger partial charge is 0.330 e. The lowest BCUT2D eigenvalue weighted by atomic mass is 10.0. The monoisotopic (exact) mass is 225 g/mol. The molecular formula is C10H15N3O3. The van der Waals surface area contributed by atoms with Gasteiger partial charge >= 0.3 is 5.69 Å². The second kappa shape index (κ2) is 4.89. The molecule has 1 aromatic heterocycles. The maximum atomic E-state index is 10.7. The minimum absolute atomic E-state index is 0.0117. The Morgan fingerprint density at radius 1 is 1.69 bits per heavy atom. The van der Waals surface area contributed by atoms with Gasteiger partial charge in [-0.3, -0.25) is 10.1 Å². The van der Waals surface area contributed by atoms with Gasteiger partial charge in [-0.2, -0.15) is 0 Å². The van der Waals surface area contributed by atoms with Crippen molar-refractivity contribution in [1.29, 1.82) is 0 Å². The maximum Gasteiger partial charge on any atom is 0.330 e. The summed E-state index contributed by atoms with van der Waals surface area (Å²) in [6.45, 7) is 3.94. The standard InChI is InChI=1S/C10H15N3O3/c1-3-10(2,11)7-16-9-8(13(14)15)5-4-6-12-9/h4-6H,3,7,11H2,1-2H3. The Kier molecular flexibility index (Phi) is 3.78. The van der Waals surface area contributed by atoms with Crippen molar-refractivity contribution in [2.45, 2.75) is 25.8 Å². The van der Waals surface area contributed by atoms with E-state index in [9.17, 15) is 10.1 Å². The number of nitrogens with zero attached hydrogens (tertiary/aromatic N) is 2. The van der Waals surface area contributed by atoms with Crippen molar-refractivity contribution in [3.8, 4) is 5.88 Å². The molecule has 0 aliphatic carbocycles. The molecule has 2 N–H and O–H groups in total. The van der Waals surface area contributed by atoms with Crippen LogP contribution in [0.2, 0.25) is 0 Å². The summed E-state index contributed by atoms with van der Waals surface area (Å²) in [6, 6.07) is 2.84. The Labute approximate surface area is 93.6 Å². The Morgan fingerprint density at radius 3 is 2.94 bits per heavy atom. The lowest BCUT2D eigenvalue weighted by Gasteiger charge is -2.22. The maximum absolute atomic E-state index is 10.7. The van der Waals surface area contributed by atoms with Crippen molar-refractivity contribution < 1.29 is 9.66 Å². The zero-order valence-corrected chi connectivity index (χ0v) is 9.34. The van der Waals surface area contributed by atoms with Gasteiger partial charge in [0.25, 0.3) is 5.88 Å². The Balaban J connectivity index is 2.78. The second-order valence-electron chi connectivity index (χ2n) is 3.88. The zero-order chi connectivity index (χ0) is 12.2. The van der Waals surface area contributed by atoms with Crippen LogP contribution < -0.4 is 10.5 Å². The minimum Gasteiger partial charge on any atom is -0.471 e. The molecule has 1 rings (SSSR count). The number of aromatic nitrogens is 1. The molecule has 6 heteroatoms. The van der Waals surface area contributed by atoms with Crippen molar-refractivity contribution in [3.63, 3.8) is 0 Å². The lowest BCUT2D eigenvalue weighted by molar-refractivity contribution is -0.386. The zero-order valence-electron chi connectivity index (χ0n) is 9.34. The minimum atomic E-state index is -0.526. The highest BCUT2D eigenvalue weighted by Crippen LogP contribution is 2.23. The van der Waals surface area contributed by atoms with E-state index in [1.54, 1.807) is 0 Å². The van der Waals surface area contributed by atoms with Gasteiger partial charge in [-0.15, -0.1) is 0 Å². The third kappa shape index (κ3) is 3.16. The summed E-state index contributed by atoms with van der Waals surface area (Å²) in [4.78, 5) is 14.0. The third-order valence-electron chi connectivity index (χ3n) is 2.29. The summed E-state index contributed by atoms with van der Waals surface area (Å²) >= 11 is 0. The Bertz CT molecular complexity index is 379. The number of rotatable bonds is 5. The molecule has 0 aromatic carbocycles. The van der Waals surface area contributed by atoms with E-state index in [4.69, 9.17) is 10.5 Å². The van der Waals surface area contributed by atoms with Crippen LogP contribution in [-0.2, 0) is 0 Å². The summed E-state index contributed by atoms with van der Waals surface area (Å²) in [7, 11) is 0. The number of hydrogen-bond acceptors (Lipinski definition) is 5. The molecule has 6 nitrogen and oxygen atoms in total. The van der Waals surface area contributed by atoms with Gasteiger partial charge in [-0.25, -0.2) is 4.98 Å². The summed E-state index contributed by atoms with van der Waals surface area (Å²) in [5.74, 6) is 0.0117. The van der Waals surface area contributed by atoms with Crippen molar-refractivity contribution in [2.75, 3.05) is 6.61 Å². The molecule has 0 amide bonds. The van der Waals surface area contributed by atoms with Crippen LogP contribution in [0.1, 0.15) is 20.3 Å². The molecular weight excluding hydrogens is 210 g/mol. The van der Waals surface area contributed by atoms with E-state index in [0.717, 1.165) is 0 Å². The summed E-state index contributed by atoms with van der Waals surface area (Å²) < 4.78 is 5.28. The molecule has 0 spiro atoms. The molecule has 0 aliphatic rings. The van der Waals surface area contributed by atoms with E-state index in [0.29, 0.717) is 6.42 Å². The number of nitro groups is 1. The molecule has 0 bridgehead atoms. The highest BCUT2D eigenvalue weighted by molar-refractivity contribution is 5.39. The first kappa shape index (κ1) is 12.4. The van der Waals surface area contributed by atoms with Crippen LogP contribution in [0.15, 0.2) is 18.3 Å². The van der Waals surface area contributed by atoms with Crippen molar-refractivity contribution >= 4 is 5.69 Å². The quantitative estimate of drug-likeness (QED) is 0.605. The Hall–Kier alpha value is -1.69. The predicted molar refractivity (Wildman–Crippen MR) is 59.3 cm³/mol. The van der Waals surface area contributed by atoms with Gasteiger partial charge in [0.15, 0.2) is 0 Å². The first-order chi connectivity index (χ1) is 7.46. The molecule has 1 unspecified atom stereocenters. The predicted octanol–water partition coefficient (Wildman–Crippen LogP) is 1.50. The van der Waals surface area contributed by atoms with Gasteiger partial charge in [0.1, 0.15) is 6.61 Å². The van der Waals surface area contributed by atoms with Gasteiger partial charge < -0.3 is 10.5 Å². The van der Waals surface area contributed by atoms with Gasteiger partial charge in [0.05, 0.1) is 4.92 Å². The second-order valence-corrected chi connectivity index (χ2v) is 3.88. The first-order valence-electron chi connectivity index (χ1n) is 4.97. The average molecular weight is 225 g/mol. The van der Waals surface area contributed by atoms with E-state index in [1.165, 1.54) is 18.3 Å². The van der Waals surface area contributed by atoms with Gasteiger partial charge in [-0.05, 0) is 19.4 Å². The van der Waals surface area contributed by atoms with Gasteiger partial charge in [0.2, 0.25) is 0 Å². The molecule has 16 heavy (non-hydrogen) atoms. The highest BCUT2D eigenvalue weighted by Gasteiger charge is 2.21. The molecule has 0 radical (unpaired) electrons. The van der Waals surface area contributed by atoms with E-state index in [1.807, 2.05) is 13.8 Å². The molecule has 1 aromatic rings. The van der Waals surface area contributed by atoms with Gasteiger partial charge in [-0.1, -0.05) is 6.92 Å². The molecule has 1 heterocycles. The van der Waals surface area contributed by atoms with Crippen LogP contribution in [0.25, 0.3) is 0 Å². The van der Waals surface area contributed by atoms with Crippen molar-refractivity contribution in [2.24, 2.45) is 5.73 Å². The van der Waals surface area contributed by atoms with E-state index in [-0.39, 0.29) is 18.2 Å². The fourth-order valence-corrected chi connectivity index (χ4v) is 0.968. The molecule has 1 atom stereocenters. The topological polar surface area (TPSA) is 91.3 Å². The fourth-order valence-electron chi connectivity index (χ4n) is 0.968. The average Bonchev–Trinajstić information content (AvgIpc) is 2.27. The first-order valence-corrected chi connectivity index (χ1v) is 4.97. The van der Waals surface area contributed by atoms with E-state index < -0.39 is 10.5 Å². The fraction of sp³-hybridized carbons (Fsp3) is 0.500. The molecule has 0 fully saturated rings. The number of hydrogen-bond donors (Lipinski definition) is 1. The third-order valence-corrected chi connectivity index (χ3v) is 2.29. The normalized spacial score (nSPS) is 14.2. The number of nitrogens with two attached hydrogens (primary N) is 1. The SMILES string of the molecule is CCC(C)(N)COc1ncccc1[N+](=O)[O-]. The van der Waals surface area contributed by atoms with Crippen LogP contribution in [0.3, 0.4) is 0 Å². The Morgan fingerprint density at radius 2 is 2.38 bits per heavy atom.